The van der Waals surface area contributed by atoms with Crippen LogP contribution in [0.2, 0.25) is 0 Å². The van der Waals surface area contributed by atoms with Gasteiger partial charge in [-0.15, -0.1) is 0 Å². The summed E-state index contributed by atoms with van der Waals surface area (Å²) in [6.07, 6.45) is 38.7. The molecule has 722 valence electrons. The fourth-order valence-corrected chi connectivity index (χ4v) is 38.7. The lowest BCUT2D eigenvalue weighted by molar-refractivity contribution is 0.281. The van der Waals surface area contributed by atoms with Crippen LogP contribution >= 0.6 is 0 Å². The number of benzene rings is 11. The molecule has 2 bridgehead atoms. The van der Waals surface area contributed by atoms with Gasteiger partial charge in [0.15, 0.2) is 39.2 Å². The molecule has 10 nitrogen and oxygen atoms in total. The topological polar surface area (TPSA) is 191 Å². The van der Waals surface area contributed by atoms with E-state index in [9.17, 15) is 46.0 Å². The van der Waals surface area contributed by atoms with Crippen molar-refractivity contribution in [3.63, 3.8) is 0 Å². The molecule has 8 fully saturated rings. The van der Waals surface area contributed by atoms with Gasteiger partial charge in [0.25, 0.3) is 0 Å². The van der Waals surface area contributed by atoms with Crippen LogP contribution in [-0.2, 0) is 100 Å². The van der Waals surface area contributed by atoms with Crippen molar-refractivity contribution < 1.29 is 50.7 Å². The number of hydrogen-bond acceptors (Lipinski definition) is 10. The van der Waals surface area contributed by atoms with E-state index in [1.54, 1.807) is 53.8 Å². The molecular weight excluding hydrogens is 1810 g/mol. The first-order valence-corrected chi connectivity index (χ1v) is 63.1. The summed E-state index contributed by atoms with van der Waals surface area (Å²) in [5.74, 6) is 23.8. The highest BCUT2D eigenvalue weighted by Crippen LogP contribution is 2.58. The minimum absolute atomic E-state index is 0.0568. The summed E-state index contributed by atoms with van der Waals surface area (Å²) in [4.78, 5) is 11.3. The van der Waals surface area contributed by atoms with Crippen molar-refractivity contribution in [2.24, 2.45) is 23.7 Å². The first kappa shape index (κ1) is 106. The van der Waals surface area contributed by atoms with E-state index in [2.05, 4.69) is 151 Å². The molecule has 2 saturated carbocycles. The Morgan fingerprint density at radius 3 is 1.25 bits per heavy atom. The maximum Gasteiger partial charge on any atom is 0.166 e. The number of phenolic OH excluding ortho intramolecular Hbond substituents is 9. The van der Waals surface area contributed by atoms with E-state index in [4.69, 9.17) is 4.74 Å². The van der Waals surface area contributed by atoms with Crippen LogP contribution in [0.3, 0.4) is 0 Å². The summed E-state index contributed by atoms with van der Waals surface area (Å²) in [5, 5.41) is 94.7. The van der Waals surface area contributed by atoms with Crippen LogP contribution < -0.4 is 4.74 Å². The Labute approximate surface area is 827 Å². The van der Waals surface area contributed by atoms with Gasteiger partial charge in [0.1, 0.15) is 151 Å². The number of hydrogen-bond donors (Lipinski definition) is 9. The van der Waals surface area contributed by atoms with Gasteiger partial charge < -0.3 is 50.7 Å². The average Bonchev–Trinajstić information content (AvgIpc) is 1.59. The summed E-state index contributed by atoms with van der Waals surface area (Å²) in [6, 6.07) is 52.5. The molecule has 0 amide bonds. The molecule has 6 saturated heterocycles. The van der Waals surface area contributed by atoms with E-state index < -0.39 is 0 Å². The lowest BCUT2D eigenvalue weighted by atomic mass is 9.82. The molecule has 9 N–H and O–H groups in total. The molecule has 0 aromatic heterocycles. The van der Waals surface area contributed by atoms with E-state index in [0.717, 1.165) is 115 Å². The normalized spacial score (nSPS) is 19.8. The van der Waals surface area contributed by atoms with E-state index >= 15 is 0 Å². The molecule has 0 radical (unpaired) electrons. The first-order valence-electron chi connectivity index (χ1n) is 49.8. The molecule has 11 aromatic carbocycles. The minimum Gasteiger partial charge on any atom is -0.508 e. The molecule has 11 aromatic rings. The smallest absolute Gasteiger partial charge is 0.166 e. The third-order valence-corrected chi connectivity index (χ3v) is 46.1. The van der Waals surface area contributed by atoms with Gasteiger partial charge in [-0.05, 0) is 362 Å². The highest BCUT2D eigenvalue weighted by Gasteiger charge is 2.57. The molecule has 8 aliphatic rings. The predicted octanol–water partition coefficient (Wildman–Crippen LogP) is 27.8. The maximum atomic E-state index is 10.5. The second-order valence-corrected chi connectivity index (χ2v) is 56.5. The SMILES string of the molecule is CCCCOc1ccc([S+]2CC3C4CCC(C4)C3C2)c2ccccc12.CCCCc1cc([S+]2CCCC2)cc(CCCC)c1O.C[S+](C)c1ccc(O)c2ccc(O)cc12.C[S+](C)c1ccc(O)c2cccc(O)c12.Cc1cc(O)cc(C)c1[S+]1CCCCC1.Cc1cc([S+]2CCCC2)cc(C)c1O.Cc1cc([S+]2CCCC2C)cc(C)c1O.Cc1cc([S+]2CCCCC2)cc(C)c1O. The second kappa shape index (κ2) is 51.2. The van der Waals surface area contributed by atoms with Crippen molar-refractivity contribution in [2.75, 3.05) is 94.9 Å². The average molecular weight is 1970 g/mol. The van der Waals surface area contributed by atoms with E-state index in [-0.39, 0.29) is 44.8 Å². The van der Waals surface area contributed by atoms with Gasteiger partial charge in [0.2, 0.25) is 0 Å². The third kappa shape index (κ3) is 27.6. The fraction of sp³-hybridized carbons (Fsp3) is 0.483. The third-order valence-electron chi connectivity index (χ3n) is 28.1. The number of unbranched alkanes of at least 4 members (excludes halogenated alkanes) is 3. The van der Waals surface area contributed by atoms with Crippen LogP contribution in [0.15, 0.2) is 197 Å². The minimum atomic E-state index is 0.0568. The van der Waals surface area contributed by atoms with Crippen molar-refractivity contribution in [2.45, 2.75) is 275 Å². The Morgan fingerprint density at radius 1 is 0.343 bits per heavy atom. The summed E-state index contributed by atoms with van der Waals surface area (Å²) in [7, 11) is 2.87. The van der Waals surface area contributed by atoms with Gasteiger partial charge in [-0.2, -0.15) is 0 Å². The lowest BCUT2D eigenvalue weighted by Crippen LogP contribution is -2.19. The predicted molar refractivity (Wildman–Crippen MR) is 590 cm³/mol. The van der Waals surface area contributed by atoms with Crippen LogP contribution in [0.1, 0.15) is 218 Å². The van der Waals surface area contributed by atoms with Crippen LogP contribution in [0, 0.1) is 79.1 Å². The van der Waals surface area contributed by atoms with Crippen molar-refractivity contribution >= 4 is 119 Å². The van der Waals surface area contributed by atoms with Gasteiger partial charge >= 0.3 is 0 Å². The molecule has 6 atom stereocenters. The Hall–Kier alpha value is -7.00. The largest absolute Gasteiger partial charge is 0.508 e. The molecule has 6 aliphatic heterocycles. The van der Waals surface area contributed by atoms with Crippen molar-refractivity contribution in [3.8, 4) is 57.5 Å². The zero-order chi connectivity index (χ0) is 96.0. The van der Waals surface area contributed by atoms with Crippen LogP contribution in [-0.4, -0.2) is 146 Å². The number of aromatic hydroxyl groups is 9. The number of rotatable bonds is 18. The molecular formula is C116H158O10S8+8. The van der Waals surface area contributed by atoms with E-state index in [0.29, 0.717) is 99.5 Å². The zero-order valence-corrected chi connectivity index (χ0v) is 89.9. The van der Waals surface area contributed by atoms with E-state index in [1.807, 2.05) is 71.9 Å². The molecule has 0 spiro atoms. The molecule has 6 unspecified atom stereocenters. The van der Waals surface area contributed by atoms with E-state index in [1.165, 1.54) is 248 Å². The van der Waals surface area contributed by atoms with Gasteiger partial charge in [-0.25, -0.2) is 0 Å². The fourth-order valence-electron chi connectivity index (χ4n) is 20.8. The quantitative estimate of drug-likeness (QED) is 0.0295. The monoisotopic (exact) mass is 1970 g/mol. The van der Waals surface area contributed by atoms with Crippen molar-refractivity contribution in [1.29, 1.82) is 0 Å². The molecule has 2 aliphatic carbocycles. The summed E-state index contributed by atoms with van der Waals surface area (Å²) >= 11 is 0. The Balaban J connectivity index is 0.000000139. The number of ether oxygens (including phenoxy) is 1. The first-order chi connectivity index (χ1) is 64.4. The Bertz CT molecular complexity index is 5530. The number of fused-ring (bicyclic) bond motifs is 8. The van der Waals surface area contributed by atoms with Crippen LogP contribution in [0.5, 0.6) is 57.5 Å². The highest BCUT2D eigenvalue weighted by molar-refractivity contribution is 7.99. The van der Waals surface area contributed by atoms with Gasteiger partial charge in [-0.1, -0.05) is 70.4 Å². The Kier molecular flexibility index (Phi) is 40.5. The van der Waals surface area contributed by atoms with Crippen molar-refractivity contribution in [3.05, 3.63) is 213 Å². The number of aryl methyl sites for hydroxylation is 10. The molecule has 6 heterocycles. The van der Waals surface area contributed by atoms with Gasteiger partial charge in [-0.3, -0.25) is 0 Å². The summed E-state index contributed by atoms with van der Waals surface area (Å²) in [5.41, 5.74) is 11.1. The van der Waals surface area contributed by atoms with Crippen molar-refractivity contribution in [1.82, 2.24) is 0 Å². The Morgan fingerprint density at radius 2 is 0.784 bits per heavy atom. The van der Waals surface area contributed by atoms with Crippen LogP contribution in [0.25, 0.3) is 32.3 Å². The zero-order valence-electron chi connectivity index (χ0n) is 83.3. The maximum absolute atomic E-state index is 10.5. The lowest BCUT2D eigenvalue weighted by Gasteiger charge is -2.19. The molecule has 19 rings (SSSR count). The second-order valence-electron chi connectivity index (χ2n) is 38.7. The highest BCUT2D eigenvalue weighted by atomic mass is 32.2. The van der Waals surface area contributed by atoms with Gasteiger partial charge in [0, 0.05) is 149 Å². The standard InChI is InChI=1S/C23H29OS.C18H28OS.3C13H18OS.2C12H12O2S.C12H16OS/c1-2-3-12-24-22-10-11-23(19-7-5-4-6-18(19)22)25-14-20-16-8-9-17(13-16)21(20)15-25;1-3-5-9-15-13-17(20-11-7-8-12-20)14-16(18(15)19)10-6-4-2;1-9-7-12(8-10(2)13(9)14)15-6-4-5-11(15)3;1-10-8-12(9-11(2)13(10)14)15-6-4-3-5-7-15;1-10-8-12(14)9-11(2)13(10)15-6-4-3-5-7-15;1-15(2)12-6-5-11(14)9-4-3-8(13)7-10(9)12;1-15(2)11-7-6-9(13)8-4-3-5-10(14)12(8)11;1-9-7-11(8-10(2)12(9)13)14-5-3-4-6-14/h4-7,10-11,16-17,20-21H,2-3,8-9,12-15H2,1H3;13-14H,3-12H2,1-2H3;7-8,11H,4-6H2,1-3H3;2*8-9H,3-7H2,1-2H3;2*3-7H,1-2H3,(H-,13,14);7-8H,3-6H2,1-2H3/q+1;;;;;;;/p+7. The summed E-state index contributed by atoms with van der Waals surface area (Å²) in [6.45, 7) is 26.1. The van der Waals surface area contributed by atoms with Gasteiger partial charge in [0.05, 0.1) is 12.0 Å². The number of phenols is 9. The summed E-state index contributed by atoms with van der Waals surface area (Å²) < 4.78 is 6.10. The van der Waals surface area contributed by atoms with Crippen LogP contribution in [0.4, 0.5) is 0 Å². The molecule has 134 heavy (non-hydrogen) atoms. The molecule has 18 heteroatoms.